The lowest BCUT2D eigenvalue weighted by atomic mass is 10.2. The van der Waals surface area contributed by atoms with Crippen molar-refractivity contribution in [1.82, 2.24) is 9.78 Å². The molecule has 1 N–H and O–H groups in total. The standard InChI is InChI=1S/C12H10F3N3OS/c1-18-11(20-8-5-3-2-4-6-8)9(7-16-19)10(17-18)12(13,14)15/h2-7,19H,1H3/b16-7-. The van der Waals surface area contributed by atoms with Gasteiger partial charge >= 0.3 is 6.18 Å². The number of alkyl halides is 3. The second-order valence-corrected chi connectivity index (χ2v) is 4.91. The predicted molar refractivity (Wildman–Crippen MR) is 68.2 cm³/mol. The fourth-order valence-electron chi connectivity index (χ4n) is 1.63. The quantitative estimate of drug-likeness (QED) is 0.537. The normalized spacial score (nSPS) is 12.2. The van der Waals surface area contributed by atoms with Gasteiger partial charge in [0.1, 0.15) is 5.03 Å². The van der Waals surface area contributed by atoms with E-state index in [1.165, 1.54) is 7.05 Å². The van der Waals surface area contributed by atoms with E-state index in [4.69, 9.17) is 5.21 Å². The largest absolute Gasteiger partial charge is 0.435 e. The lowest BCUT2D eigenvalue weighted by Crippen LogP contribution is -2.09. The molecule has 0 unspecified atom stereocenters. The molecule has 1 aromatic heterocycles. The highest BCUT2D eigenvalue weighted by Gasteiger charge is 2.38. The molecule has 2 rings (SSSR count). The summed E-state index contributed by atoms with van der Waals surface area (Å²) in [6, 6.07) is 8.91. The Kier molecular flexibility index (Phi) is 4.03. The van der Waals surface area contributed by atoms with Gasteiger partial charge in [0, 0.05) is 11.9 Å². The van der Waals surface area contributed by atoms with E-state index in [9.17, 15) is 13.2 Å². The third-order valence-corrected chi connectivity index (χ3v) is 3.63. The zero-order valence-corrected chi connectivity index (χ0v) is 11.1. The van der Waals surface area contributed by atoms with Crippen LogP contribution in [0.5, 0.6) is 0 Å². The molecule has 1 heterocycles. The van der Waals surface area contributed by atoms with Crippen molar-refractivity contribution >= 4 is 18.0 Å². The van der Waals surface area contributed by atoms with E-state index in [0.717, 1.165) is 27.6 Å². The second kappa shape index (κ2) is 5.58. The van der Waals surface area contributed by atoms with Crippen molar-refractivity contribution in [3.63, 3.8) is 0 Å². The lowest BCUT2D eigenvalue weighted by molar-refractivity contribution is -0.141. The van der Waals surface area contributed by atoms with Crippen LogP contribution in [0.2, 0.25) is 0 Å². The highest BCUT2D eigenvalue weighted by molar-refractivity contribution is 7.99. The summed E-state index contributed by atoms with van der Waals surface area (Å²) in [5.41, 5.74) is -1.33. The van der Waals surface area contributed by atoms with Crippen LogP contribution in [0.3, 0.4) is 0 Å². The number of hydrogen-bond donors (Lipinski definition) is 1. The Morgan fingerprint density at radius 2 is 1.95 bits per heavy atom. The molecule has 106 valence electrons. The van der Waals surface area contributed by atoms with Gasteiger partial charge in [-0.25, -0.2) is 0 Å². The molecule has 0 radical (unpaired) electrons. The van der Waals surface area contributed by atoms with E-state index in [0.29, 0.717) is 0 Å². The minimum atomic E-state index is -4.61. The van der Waals surface area contributed by atoms with Gasteiger partial charge in [-0.15, -0.1) is 0 Å². The number of hydrogen-bond acceptors (Lipinski definition) is 4. The topological polar surface area (TPSA) is 50.4 Å². The molecule has 0 saturated heterocycles. The maximum atomic E-state index is 12.9. The molecule has 0 saturated carbocycles. The minimum absolute atomic E-state index is 0.251. The van der Waals surface area contributed by atoms with Gasteiger partial charge in [-0.1, -0.05) is 35.1 Å². The van der Waals surface area contributed by atoms with Crippen molar-refractivity contribution in [3.05, 3.63) is 41.6 Å². The Balaban J connectivity index is 2.50. The smallest absolute Gasteiger partial charge is 0.411 e. The molecule has 0 aliphatic rings. The number of oxime groups is 1. The van der Waals surface area contributed by atoms with Crippen LogP contribution in [0.15, 0.2) is 45.4 Å². The van der Waals surface area contributed by atoms with Gasteiger partial charge in [0.15, 0.2) is 5.69 Å². The van der Waals surface area contributed by atoms with Crippen LogP contribution in [0.25, 0.3) is 0 Å². The Morgan fingerprint density at radius 1 is 1.30 bits per heavy atom. The SMILES string of the molecule is Cn1nc(C(F)(F)F)c(/C=N\O)c1Sc1ccccc1. The Labute approximate surface area is 116 Å². The zero-order chi connectivity index (χ0) is 14.8. The molecule has 8 heteroatoms. The van der Waals surface area contributed by atoms with Gasteiger partial charge in [-0.2, -0.15) is 18.3 Å². The fraction of sp³-hybridized carbons (Fsp3) is 0.167. The van der Waals surface area contributed by atoms with Crippen molar-refractivity contribution in [2.24, 2.45) is 12.2 Å². The molecule has 20 heavy (non-hydrogen) atoms. The molecular formula is C12H10F3N3OS. The molecule has 0 spiro atoms. The average Bonchev–Trinajstić information content (AvgIpc) is 2.69. The Bertz CT molecular complexity index is 623. The highest BCUT2D eigenvalue weighted by Crippen LogP contribution is 2.37. The monoisotopic (exact) mass is 301 g/mol. The van der Waals surface area contributed by atoms with Crippen molar-refractivity contribution < 1.29 is 18.4 Å². The molecule has 0 bridgehead atoms. The molecule has 0 fully saturated rings. The first-order chi connectivity index (χ1) is 9.43. The first-order valence-electron chi connectivity index (χ1n) is 5.48. The van der Waals surface area contributed by atoms with Crippen molar-refractivity contribution in [2.45, 2.75) is 16.1 Å². The lowest BCUT2D eigenvalue weighted by Gasteiger charge is -2.04. The first-order valence-corrected chi connectivity index (χ1v) is 6.29. The third-order valence-electron chi connectivity index (χ3n) is 2.44. The number of aromatic nitrogens is 2. The number of aryl methyl sites for hydroxylation is 1. The fourth-order valence-corrected chi connectivity index (χ4v) is 2.58. The van der Waals surface area contributed by atoms with Crippen LogP contribution >= 0.6 is 11.8 Å². The van der Waals surface area contributed by atoms with Gasteiger partial charge in [0.2, 0.25) is 0 Å². The van der Waals surface area contributed by atoms with Crippen LogP contribution in [-0.2, 0) is 13.2 Å². The second-order valence-electron chi connectivity index (χ2n) is 3.85. The average molecular weight is 301 g/mol. The van der Waals surface area contributed by atoms with Gasteiger partial charge in [-0.05, 0) is 12.1 Å². The summed E-state index contributed by atoms with van der Waals surface area (Å²) in [5, 5.41) is 15.0. The number of nitrogens with zero attached hydrogens (tertiary/aromatic N) is 3. The van der Waals surface area contributed by atoms with E-state index in [1.807, 2.05) is 6.07 Å². The van der Waals surface area contributed by atoms with E-state index in [1.54, 1.807) is 24.3 Å². The molecule has 0 atom stereocenters. The molecule has 0 aliphatic carbocycles. The van der Waals surface area contributed by atoms with Gasteiger partial charge in [0.05, 0.1) is 11.8 Å². The van der Waals surface area contributed by atoms with Crippen molar-refractivity contribution in [3.8, 4) is 0 Å². The Morgan fingerprint density at radius 3 is 2.50 bits per heavy atom. The number of benzene rings is 1. The highest BCUT2D eigenvalue weighted by atomic mass is 32.2. The van der Waals surface area contributed by atoms with E-state index >= 15 is 0 Å². The van der Waals surface area contributed by atoms with Crippen molar-refractivity contribution in [1.29, 1.82) is 0 Å². The number of rotatable bonds is 3. The minimum Gasteiger partial charge on any atom is -0.411 e. The summed E-state index contributed by atoms with van der Waals surface area (Å²) in [6.45, 7) is 0. The summed E-state index contributed by atoms with van der Waals surface area (Å²) in [4.78, 5) is 0.761. The van der Waals surface area contributed by atoms with Crippen LogP contribution in [0, 0.1) is 0 Å². The van der Waals surface area contributed by atoms with Gasteiger partial charge in [-0.3, -0.25) is 4.68 Å². The Hall–Kier alpha value is -1.96. The van der Waals surface area contributed by atoms with Gasteiger partial charge in [0.25, 0.3) is 0 Å². The predicted octanol–water partition coefficient (Wildman–Crippen LogP) is 3.40. The van der Waals surface area contributed by atoms with Crippen molar-refractivity contribution in [2.75, 3.05) is 0 Å². The van der Waals surface area contributed by atoms with E-state index < -0.39 is 11.9 Å². The molecule has 0 amide bonds. The third kappa shape index (κ3) is 2.96. The van der Waals surface area contributed by atoms with Crippen LogP contribution < -0.4 is 0 Å². The first kappa shape index (κ1) is 14.4. The maximum absolute atomic E-state index is 12.9. The summed E-state index contributed by atoms with van der Waals surface area (Å²) in [5.74, 6) is 0. The number of halogens is 3. The summed E-state index contributed by atoms with van der Waals surface area (Å²) >= 11 is 1.12. The van der Waals surface area contributed by atoms with Crippen LogP contribution in [0.1, 0.15) is 11.3 Å². The summed E-state index contributed by atoms with van der Waals surface area (Å²) < 4.78 is 39.7. The zero-order valence-electron chi connectivity index (χ0n) is 10.3. The molecular weight excluding hydrogens is 291 g/mol. The summed E-state index contributed by atoms with van der Waals surface area (Å²) in [6.07, 6.45) is -3.86. The maximum Gasteiger partial charge on any atom is 0.435 e. The molecule has 0 aliphatic heterocycles. The molecule has 1 aromatic carbocycles. The summed E-state index contributed by atoms with van der Waals surface area (Å²) in [7, 11) is 1.41. The van der Waals surface area contributed by atoms with Crippen LogP contribution in [-0.4, -0.2) is 21.2 Å². The van der Waals surface area contributed by atoms with Gasteiger partial charge < -0.3 is 5.21 Å². The van der Waals surface area contributed by atoms with E-state index in [-0.39, 0.29) is 10.6 Å². The van der Waals surface area contributed by atoms with Crippen LogP contribution in [0.4, 0.5) is 13.2 Å². The molecule has 2 aromatic rings. The van der Waals surface area contributed by atoms with E-state index in [2.05, 4.69) is 10.3 Å². The molecule has 4 nitrogen and oxygen atoms in total.